The molecule has 9 nitrogen and oxygen atoms in total. The predicted octanol–water partition coefficient (Wildman–Crippen LogP) is 1.63. The van der Waals surface area contributed by atoms with E-state index in [1.54, 1.807) is 19.2 Å². The highest BCUT2D eigenvalue weighted by Gasteiger charge is 2.61. The van der Waals surface area contributed by atoms with Gasteiger partial charge in [-0.2, -0.15) is 18.4 Å². The number of alkyl halides is 5. The van der Waals surface area contributed by atoms with Crippen LogP contribution in [0.5, 0.6) is 0 Å². The number of piperidine rings is 2. The zero-order valence-corrected chi connectivity index (χ0v) is 20.4. The summed E-state index contributed by atoms with van der Waals surface area (Å²) in [7, 11) is 0. The third-order valence-corrected chi connectivity index (χ3v) is 7.18. The summed E-state index contributed by atoms with van der Waals surface area (Å²) in [6.07, 6.45) is -5.87. The van der Waals surface area contributed by atoms with Crippen LogP contribution in [0.15, 0.2) is 0 Å². The maximum Gasteiger partial charge on any atom is 0.471 e. The molecule has 0 aromatic heterocycles. The minimum atomic E-state index is -5.27. The molecule has 3 N–H and O–H groups in total. The number of halogens is 5. The Balaban J connectivity index is 1.87. The van der Waals surface area contributed by atoms with Gasteiger partial charge in [-0.15, -0.1) is 0 Å². The lowest BCUT2D eigenvalue weighted by atomic mass is 9.71. The van der Waals surface area contributed by atoms with E-state index in [1.807, 2.05) is 6.07 Å². The number of hydrogen-bond donors (Lipinski definition) is 3. The van der Waals surface area contributed by atoms with Crippen molar-refractivity contribution >= 4 is 23.6 Å². The number of fused-ring (bicyclic) bond motifs is 3. The molecular weight excluding hydrogens is 505 g/mol. The highest BCUT2D eigenvalue weighted by molar-refractivity contribution is 5.94. The van der Waals surface area contributed by atoms with Crippen molar-refractivity contribution in [1.82, 2.24) is 20.9 Å². The molecule has 37 heavy (non-hydrogen) atoms. The molecule has 4 fully saturated rings. The zero-order valence-electron chi connectivity index (χ0n) is 20.4. The quantitative estimate of drug-likeness (QED) is 0.407. The molecule has 1 saturated carbocycles. The van der Waals surface area contributed by atoms with E-state index in [-0.39, 0.29) is 37.5 Å². The molecule has 4 rings (SSSR count). The summed E-state index contributed by atoms with van der Waals surface area (Å²) < 4.78 is 68.5. The summed E-state index contributed by atoms with van der Waals surface area (Å²) in [4.78, 5) is 51.1. The normalized spacial score (nSPS) is 28.3. The Bertz CT molecular complexity index is 966. The third-order valence-electron chi connectivity index (χ3n) is 7.18. The van der Waals surface area contributed by atoms with Crippen LogP contribution in [0.25, 0.3) is 0 Å². The van der Waals surface area contributed by atoms with E-state index in [0.717, 1.165) is 4.90 Å². The van der Waals surface area contributed by atoms with Gasteiger partial charge in [-0.3, -0.25) is 19.2 Å². The van der Waals surface area contributed by atoms with Crippen LogP contribution in [-0.4, -0.2) is 71.3 Å². The molecule has 0 aromatic rings. The molecule has 0 aromatic carbocycles. The van der Waals surface area contributed by atoms with Crippen LogP contribution >= 0.6 is 0 Å². The molecule has 0 spiro atoms. The lowest BCUT2D eigenvalue weighted by molar-refractivity contribution is -0.196. The van der Waals surface area contributed by atoms with Crippen molar-refractivity contribution in [3.63, 3.8) is 0 Å². The van der Waals surface area contributed by atoms with Gasteiger partial charge in [0.1, 0.15) is 18.1 Å². The fraction of sp³-hybridized carbons (Fsp3) is 0.783. The van der Waals surface area contributed by atoms with E-state index in [9.17, 15) is 46.4 Å². The average Bonchev–Trinajstić information content (AvgIpc) is 3.19. The van der Waals surface area contributed by atoms with Gasteiger partial charge in [0, 0.05) is 24.9 Å². The monoisotopic (exact) mass is 535 g/mol. The van der Waals surface area contributed by atoms with E-state index in [0.29, 0.717) is 13.0 Å². The van der Waals surface area contributed by atoms with Crippen molar-refractivity contribution in [3.8, 4) is 6.07 Å². The highest BCUT2D eigenvalue weighted by atomic mass is 19.4. The average molecular weight is 536 g/mol. The fourth-order valence-electron chi connectivity index (χ4n) is 5.49. The van der Waals surface area contributed by atoms with Gasteiger partial charge >= 0.3 is 12.1 Å². The molecule has 3 heterocycles. The Morgan fingerprint density at radius 1 is 1.19 bits per heavy atom. The molecule has 3 saturated heterocycles. The van der Waals surface area contributed by atoms with Gasteiger partial charge in [0.25, 0.3) is 5.92 Å². The molecule has 1 aliphatic carbocycles. The van der Waals surface area contributed by atoms with Crippen molar-refractivity contribution < 1.29 is 41.1 Å². The smallest absolute Gasteiger partial charge is 0.356 e. The molecule has 2 bridgehead atoms. The maximum absolute atomic E-state index is 14.9. The predicted molar refractivity (Wildman–Crippen MR) is 117 cm³/mol. The standard InChI is InChI=1S/C23H30F5N5O4/c1-11(2)7-16(32-21(37)23(26,27)28)20(36)33-14-3-4-15(22(24,25)9-14)17(33)19(35)31-13(10-29)8-12-5-6-30-18(12)34/h11-17H,3-9H2,1-2H3,(H,30,34)(H,31,35)(H,32,37)/t12-,13+,14+,15+,16-,17+/m1/s1. The van der Waals surface area contributed by atoms with Crippen molar-refractivity contribution in [3.05, 3.63) is 0 Å². The van der Waals surface area contributed by atoms with Crippen LogP contribution in [0.1, 0.15) is 52.4 Å². The molecule has 4 amide bonds. The number of carbonyl (C=O) groups is 4. The molecule has 3 aliphatic heterocycles. The van der Waals surface area contributed by atoms with Crippen molar-refractivity contribution in [1.29, 1.82) is 5.26 Å². The van der Waals surface area contributed by atoms with Crippen LogP contribution in [0, 0.1) is 29.1 Å². The first kappa shape index (κ1) is 28.6. The van der Waals surface area contributed by atoms with Crippen LogP contribution in [0.3, 0.4) is 0 Å². The van der Waals surface area contributed by atoms with E-state index in [4.69, 9.17) is 0 Å². The Morgan fingerprint density at radius 2 is 1.86 bits per heavy atom. The summed E-state index contributed by atoms with van der Waals surface area (Å²) in [5, 5.41) is 16.1. The first-order valence-corrected chi connectivity index (χ1v) is 12.2. The van der Waals surface area contributed by atoms with Crippen LogP contribution in [0.2, 0.25) is 0 Å². The molecular formula is C23H30F5N5O4. The topological polar surface area (TPSA) is 131 Å². The summed E-state index contributed by atoms with van der Waals surface area (Å²) >= 11 is 0. The lowest BCUT2D eigenvalue weighted by Crippen LogP contribution is -2.71. The van der Waals surface area contributed by atoms with Gasteiger partial charge in [0.05, 0.1) is 12.0 Å². The van der Waals surface area contributed by atoms with Gasteiger partial charge in [-0.05, 0) is 38.0 Å². The van der Waals surface area contributed by atoms with Crippen molar-refractivity contribution in [2.45, 2.75) is 88.6 Å². The number of carbonyl (C=O) groups excluding carboxylic acids is 4. The molecule has 0 radical (unpaired) electrons. The molecule has 206 valence electrons. The second-order valence-corrected chi connectivity index (χ2v) is 10.3. The largest absolute Gasteiger partial charge is 0.471 e. The van der Waals surface area contributed by atoms with E-state index in [1.165, 1.54) is 0 Å². The van der Waals surface area contributed by atoms with Crippen LogP contribution in [-0.2, 0) is 19.2 Å². The summed E-state index contributed by atoms with van der Waals surface area (Å²) in [5.41, 5.74) is 0. The Morgan fingerprint density at radius 3 is 2.38 bits per heavy atom. The Labute approximate surface area is 210 Å². The number of amides is 4. The molecule has 4 aliphatic rings. The highest BCUT2D eigenvalue weighted by Crippen LogP contribution is 2.49. The van der Waals surface area contributed by atoms with Gasteiger partial charge < -0.3 is 20.9 Å². The number of nitriles is 1. The molecule has 6 atom stereocenters. The van der Waals surface area contributed by atoms with Crippen LogP contribution in [0.4, 0.5) is 22.0 Å². The van der Waals surface area contributed by atoms with E-state index < -0.39 is 72.2 Å². The first-order chi connectivity index (χ1) is 17.2. The number of rotatable bonds is 8. The lowest BCUT2D eigenvalue weighted by Gasteiger charge is -2.54. The zero-order chi connectivity index (χ0) is 27.7. The first-order valence-electron chi connectivity index (χ1n) is 12.2. The molecule has 0 unspecified atom stereocenters. The fourth-order valence-corrected chi connectivity index (χ4v) is 5.49. The maximum atomic E-state index is 14.9. The summed E-state index contributed by atoms with van der Waals surface area (Å²) in [6, 6.07) is -3.94. The second kappa shape index (κ2) is 10.8. The van der Waals surface area contributed by atoms with Gasteiger partial charge in [0.2, 0.25) is 17.7 Å². The number of nitrogens with zero attached hydrogens (tertiary/aromatic N) is 2. The SMILES string of the molecule is CC(C)C[C@@H](NC(=O)C(F)(F)F)C(=O)N1[C@H]2CC[C@@H]([C@H]1C(=O)N[C@H](C#N)C[C@H]1CCNC1=O)C(F)(F)C2. The number of hydrogen-bond acceptors (Lipinski definition) is 5. The van der Waals surface area contributed by atoms with Gasteiger partial charge in [-0.25, -0.2) is 8.78 Å². The number of nitrogens with one attached hydrogen (secondary N) is 3. The minimum Gasteiger partial charge on any atom is -0.356 e. The second-order valence-electron chi connectivity index (χ2n) is 10.3. The summed E-state index contributed by atoms with van der Waals surface area (Å²) in [5.74, 6) is -10.6. The van der Waals surface area contributed by atoms with Crippen molar-refractivity contribution in [2.24, 2.45) is 17.8 Å². The molecule has 14 heteroatoms. The summed E-state index contributed by atoms with van der Waals surface area (Å²) in [6.45, 7) is 3.62. The minimum absolute atomic E-state index is 0.0587. The van der Waals surface area contributed by atoms with E-state index >= 15 is 0 Å². The van der Waals surface area contributed by atoms with E-state index in [2.05, 4.69) is 10.6 Å². The Kier molecular flexibility index (Phi) is 8.34. The van der Waals surface area contributed by atoms with Gasteiger partial charge in [0.15, 0.2) is 0 Å². The van der Waals surface area contributed by atoms with Crippen LogP contribution < -0.4 is 16.0 Å². The Hall–Kier alpha value is -2.98. The third kappa shape index (κ3) is 6.30. The van der Waals surface area contributed by atoms with Gasteiger partial charge in [-0.1, -0.05) is 13.8 Å². The van der Waals surface area contributed by atoms with Crippen molar-refractivity contribution in [2.75, 3.05) is 6.54 Å².